The minimum absolute atomic E-state index is 0.0916. The van der Waals surface area contributed by atoms with Crippen molar-refractivity contribution in [3.63, 3.8) is 0 Å². The van der Waals surface area contributed by atoms with Crippen molar-refractivity contribution in [1.82, 2.24) is 10.0 Å². The summed E-state index contributed by atoms with van der Waals surface area (Å²) in [4.78, 5) is 20.2. The Balaban J connectivity index is 2.83. The second-order valence-electron chi connectivity index (χ2n) is 3.84. The molecule has 1 aromatic rings. The number of aromatic nitrogens is 1. The van der Waals surface area contributed by atoms with Gasteiger partial charge in [0.2, 0.25) is 0 Å². The monoisotopic (exact) mass is 277 g/mol. The number of rotatable bonds is 4. The number of hydroxylamine groups is 2. The average Bonchev–Trinajstić information content (AvgIpc) is 2.34. The molecule has 0 spiro atoms. The SMILES string of the molecule is CON(C)C(=O)c1cnc(NCC(F)(F)F)c(C)c1. The van der Waals surface area contributed by atoms with Gasteiger partial charge in [-0.05, 0) is 18.6 Å². The van der Waals surface area contributed by atoms with Crippen LogP contribution in [0.5, 0.6) is 0 Å². The van der Waals surface area contributed by atoms with E-state index < -0.39 is 18.6 Å². The van der Waals surface area contributed by atoms with E-state index in [1.165, 1.54) is 26.4 Å². The number of alkyl halides is 3. The molecular formula is C11H14F3N3O2. The van der Waals surface area contributed by atoms with Gasteiger partial charge in [-0.25, -0.2) is 10.0 Å². The Morgan fingerprint density at radius 3 is 2.63 bits per heavy atom. The van der Waals surface area contributed by atoms with Crippen molar-refractivity contribution in [3.05, 3.63) is 23.4 Å². The molecular weight excluding hydrogens is 263 g/mol. The Bertz CT molecular complexity index is 463. The van der Waals surface area contributed by atoms with E-state index in [-0.39, 0.29) is 11.4 Å². The van der Waals surface area contributed by atoms with Gasteiger partial charge in [0.25, 0.3) is 5.91 Å². The van der Waals surface area contributed by atoms with Gasteiger partial charge in [-0.1, -0.05) is 0 Å². The number of carbonyl (C=O) groups is 1. The Kier molecular flexibility index (Phi) is 4.71. The maximum Gasteiger partial charge on any atom is 0.405 e. The van der Waals surface area contributed by atoms with E-state index in [0.717, 1.165) is 5.06 Å². The number of carbonyl (C=O) groups excluding carboxylic acids is 1. The molecule has 1 heterocycles. The molecule has 1 amide bonds. The van der Waals surface area contributed by atoms with E-state index in [2.05, 4.69) is 10.3 Å². The fourth-order valence-corrected chi connectivity index (χ4v) is 1.33. The summed E-state index contributed by atoms with van der Waals surface area (Å²) in [5.41, 5.74) is 0.680. The van der Waals surface area contributed by atoms with Gasteiger partial charge in [-0.3, -0.25) is 9.63 Å². The molecule has 0 aromatic carbocycles. The third kappa shape index (κ3) is 4.40. The first-order chi connectivity index (χ1) is 8.74. The van der Waals surface area contributed by atoms with Crippen LogP contribution in [0.3, 0.4) is 0 Å². The molecule has 106 valence electrons. The zero-order chi connectivity index (χ0) is 14.6. The molecule has 0 unspecified atom stereocenters. The molecule has 1 rings (SSSR count). The second kappa shape index (κ2) is 5.87. The highest BCUT2D eigenvalue weighted by Gasteiger charge is 2.27. The van der Waals surface area contributed by atoms with Gasteiger partial charge >= 0.3 is 6.18 Å². The summed E-state index contributed by atoms with van der Waals surface area (Å²) in [6, 6.07) is 1.45. The van der Waals surface area contributed by atoms with E-state index in [1.54, 1.807) is 6.92 Å². The highest BCUT2D eigenvalue weighted by atomic mass is 19.4. The van der Waals surface area contributed by atoms with Gasteiger partial charge in [0, 0.05) is 13.2 Å². The van der Waals surface area contributed by atoms with Crippen LogP contribution in [0.2, 0.25) is 0 Å². The maximum absolute atomic E-state index is 12.1. The number of nitrogens with zero attached hydrogens (tertiary/aromatic N) is 2. The number of anilines is 1. The van der Waals surface area contributed by atoms with Crippen LogP contribution < -0.4 is 5.32 Å². The zero-order valence-electron chi connectivity index (χ0n) is 10.7. The number of pyridine rings is 1. The molecule has 0 fully saturated rings. The predicted octanol–water partition coefficient (Wildman–Crippen LogP) is 2.00. The summed E-state index contributed by atoms with van der Waals surface area (Å²) in [5, 5.41) is 3.17. The molecule has 0 saturated carbocycles. The van der Waals surface area contributed by atoms with Crippen molar-refractivity contribution in [2.24, 2.45) is 0 Å². The van der Waals surface area contributed by atoms with E-state index >= 15 is 0 Å². The topological polar surface area (TPSA) is 54.5 Å². The maximum atomic E-state index is 12.1. The number of aryl methyl sites for hydroxylation is 1. The fraction of sp³-hybridized carbons (Fsp3) is 0.455. The van der Waals surface area contributed by atoms with Crippen LogP contribution in [0.4, 0.5) is 19.0 Å². The van der Waals surface area contributed by atoms with Crippen molar-refractivity contribution < 1.29 is 22.8 Å². The van der Waals surface area contributed by atoms with Crippen molar-refractivity contribution in [2.75, 3.05) is 26.0 Å². The van der Waals surface area contributed by atoms with Crippen molar-refractivity contribution in [2.45, 2.75) is 13.1 Å². The second-order valence-corrected chi connectivity index (χ2v) is 3.84. The first-order valence-corrected chi connectivity index (χ1v) is 5.34. The fourth-order valence-electron chi connectivity index (χ4n) is 1.33. The Hall–Kier alpha value is -1.83. The van der Waals surface area contributed by atoms with Gasteiger partial charge in [-0.2, -0.15) is 13.2 Å². The number of amides is 1. The summed E-state index contributed by atoms with van der Waals surface area (Å²) in [6.07, 6.45) is -3.12. The summed E-state index contributed by atoms with van der Waals surface area (Å²) in [5.74, 6) is -0.339. The largest absolute Gasteiger partial charge is 0.405 e. The summed E-state index contributed by atoms with van der Waals surface area (Å²) < 4.78 is 36.2. The standard InChI is InChI=1S/C11H14F3N3O2/c1-7-4-8(10(18)17(2)19-3)5-15-9(7)16-6-11(12,13)14/h4-5H,6H2,1-3H3,(H,15,16). The van der Waals surface area contributed by atoms with Crippen LogP contribution in [-0.4, -0.2) is 42.8 Å². The quantitative estimate of drug-likeness (QED) is 0.855. The molecule has 0 atom stereocenters. The molecule has 0 saturated heterocycles. The van der Waals surface area contributed by atoms with E-state index in [9.17, 15) is 18.0 Å². The van der Waals surface area contributed by atoms with Gasteiger partial charge in [0.05, 0.1) is 12.7 Å². The summed E-state index contributed by atoms with van der Waals surface area (Å²) in [7, 11) is 2.75. The number of hydrogen-bond donors (Lipinski definition) is 1. The van der Waals surface area contributed by atoms with Crippen LogP contribution in [-0.2, 0) is 4.84 Å². The van der Waals surface area contributed by atoms with E-state index in [0.29, 0.717) is 5.56 Å². The summed E-state index contributed by atoms with van der Waals surface area (Å²) >= 11 is 0. The van der Waals surface area contributed by atoms with Crippen LogP contribution in [0, 0.1) is 6.92 Å². The van der Waals surface area contributed by atoms with Crippen molar-refractivity contribution >= 4 is 11.7 Å². The molecule has 1 aromatic heterocycles. The number of nitrogens with one attached hydrogen (secondary N) is 1. The zero-order valence-corrected chi connectivity index (χ0v) is 10.7. The summed E-state index contributed by atoms with van der Waals surface area (Å²) in [6.45, 7) is 0.390. The van der Waals surface area contributed by atoms with Crippen LogP contribution in [0.15, 0.2) is 12.3 Å². The third-order valence-corrected chi connectivity index (χ3v) is 2.34. The van der Waals surface area contributed by atoms with E-state index in [4.69, 9.17) is 4.84 Å². The lowest BCUT2D eigenvalue weighted by atomic mass is 10.2. The van der Waals surface area contributed by atoms with Gasteiger partial charge in [0.1, 0.15) is 12.4 Å². The van der Waals surface area contributed by atoms with Crippen molar-refractivity contribution in [3.8, 4) is 0 Å². The molecule has 1 N–H and O–H groups in total. The number of hydrogen-bond acceptors (Lipinski definition) is 4. The van der Waals surface area contributed by atoms with Crippen LogP contribution in [0.25, 0.3) is 0 Å². The average molecular weight is 277 g/mol. The van der Waals surface area contributed by atoms with Crippen LogP contribution in [0.1, 0.15) is 15.9 Å². The van der Waals surface area contributed by atoms with Gasteiger partial charge < -0.3 is 5.32 Å². The Morgan fingerprint density at radius 2 is 2.16 bits per heavy atom. The van der Waals surface area contributed by atoms with E-state index in [1.807, 2.05) is 0 Å². The molecule has 0 aliphatic carbocycles. The normalized spacial score (nSPS) is 11.3. The predicted molar refractivity (Wildman–Crippen MR) is 62.6 cm³/mol. The van der Waals surface area contributed by atoms with Gasteiger partial charge in [-0.15, -0.1) is 0 Å². The number of halogens is 3. The molecule has 0 bridgehead atoms. The minimum Gasteiger partial charge on any atom is -0.361 e. The molecule has 8 heteroatoms. The highest BCUT2D eigenvalue weighted by Crippen LogP contribution is 2.18. The first kappa shape index (κ1) is 15.2. The molecule has 19 heavy (non-hydrogen) atoms. The lowest BCUT2D eigenvalue weighted by Gasteiger charge is -2.15. The van der Waals surface area contributed by atoms with Gasteiger partial charge in [0.15, 0.2) is 0 Å². The lowest BCUT2D eigenvalue weighted by Crippen LogP contribution is -2.26. The Morgan fingerprint density at radius 1 is 1.53 bits per heavy atom. The minimum atomic E-state index is -4.32. The lowest BCUT2D eigenvalue weighted by molar-refractivity contribution is -0.115. The molecule has 5 nitrogen and oxygen atoms in total. The van der Waals surface area contributed by atoms with Crippen molar-refractivity contribution in [1.29, 1.82) is 0 Å². The first-order valence-electron chi connectivity index (χ1n) is 5.34. The molecule has 0 aliphatic heterocycles. The molecule has 0 aliphatic rings. The Labute approximate surface area is 108 Å². The van der Waals surface area contributed by atoms with Crippen LogP contribution >= 0.6 is 0 Å². The smallest absolute Gasteiger partial charge is 0.361 e. The third-order valence-electron chi connectivity index (χ3n) is 2.34. The molecule has 0 radical (unpaired) electrons. The highest BCUT2D eigenvalue weighted by molar-refractivity contribution is 5.93.